The Hall–Kier alpha value is -1.70. The molecule has 1 aromatic carbocycles. The minimum atomic E-state index is -3.75. The van der Waals surface area contributed by atoms with E-state index in [-0.39, 0.29) is 10.9 Å². The number of hydrogen-bond donors (Lipinski definition) is 0. The van der Waals surface area contributed by atoms with Gasteiger partial charge in [-0.1, -0.05) is 39.0 Å². The van der Waals surface area contributed by atoms with Gasteiger partial charge in [-0.25, -0.2) is 13.1 Å². The Morgan fingerprint density at radius 2 is 1.96 bits per heavy atom. The Kier molecular flexibility index (Phi) is 5.98. The minimum absolute atomic E-state index is 0.165. The number of benzene rings is 1. The van der Waals surface area contributed by atoms with Crippen LogP contribution in [0.4, 0.5) is 0 Å². The van der Waals surface area contributed by atoms with E-state index in [9.17, 15) is 8.42 Å². The van der Waals surface area contributed by atoms with Gasteiger partial charge >= 0.3 is 0 Å². The number of ether oxygens (including phenoxy) is 1. The van der Waals surface area contributed by atoms with Crippen LogP contribution >= 0.6 is 0 Å². The molecule has 1 aliphatic heterocycles. The second-order valence-corrected chi connectivity index (χ2v) is 9.92. The van der Waals surface area contributed by atoms with Gasteiger partial charge in [0.15, 0.2) is 0 Å². The van der Waals surface area contributed by atoms with Crippen molar-refractivity contribution >= 4 is 10.0 Å². The first-order valence-electron chi connectivity index (χ1n) is 9.99. The summed E-state index contributed by atoms with van der Waals surface area (Å²) in [5.74, 6) is 0.480. The number of aromatic nitrogens is 2. The smallest absolute Gasteiger partial charge is 0.249 e. The number of rotatable bonds is 7. The van der Waals surface area contributed by atoms with Crippen LogP contribution in [0.2, 0.25) is 0 Å². The molecule has 0 saturated carbocycles. The van der Waals surface area contributed by atoms with Gasteiger partial charge in [0.05, 0.1) is 30.2 Å². The molecule has 1 saturated heterocycles. The monoisotopic (exact) mass is 405 g/mol. The summed E-state index contributed by atoms with van der Waals surface area (Å²) in [5.41, 5.74) is 0.501. The summed E-state index contributed by atoms with van der Waals surface area (Å²) in [7, 11) is -3.75. The van der Waals surface area contributed by atoms with Crippen molar-refractivity contribution < 1.29 is 13.2 Å². The SMILES string of the molecule is CCC1COC(C)(CCC(C)C)N1S(=O)(=O)c1cn(-c2ccccc2)nc1C. The highest BCUT2D eigenvalue weighted by molar-refractivity contribution is 7.89. The van der Waals surface area contributed by atoms with Crippen molar-refractivity contribution in [3.63, 3.8) is 0 Å². The lowest BCUT2D eigenvalue weighted by atomic mass is 10.0. The fourth-order valence-corrected chi connectivity index (χ4v) is 5.90. The Balaban J connectivity index is 2.01. The van der Waals surface area contributed by atoms with E-state index in [0.29, 0.717) is 31.1 Å². The molecule has 1 fully saturated rings. The molecule has 2 aromatic rings. The molecule has 0 N–H and O–H groups in total. The predicted molar refractivity (Wildman–Crippen MR) is 110 cm³/mol. The van der Waals surface area contributed by atoms with Gasteiger partial charge in [0, 0.05) is 0 Å². The fourth-order valence-electron chi connectivity index (χ4n) is 3.78. The first-order chi connectivity index (χ1) is 13.2. The average molecular weight is 406 g/mol. The zero-order chi connectivity index (χ0) is 20.5. The summed E-state index contributed by atoms with van der Waals surface area (Å²) >= 11 is 0. The predicted octanol–water partition coefficient (Wildman–Crippen LogP) is 4.13. The summed E-state index contributed by atoms with van der Waals surface area (Å²) < 4.78 is 36.7. The maximum Gasteiger partial charge on any atom is 0.249 e. The van der Waals surface area contributed by atoms with Crippen LogP contribution in [0.15, 0.2) is 41.4 Å². The van der Waals surface area contributed by atoms with Crippen LogP contribution < -0.4 is 0 Å². The van der Waals surface area contributed by atoms with Gasteiger partial charge in [0.2, 0.25) is 10.0 Å². The highest BCUT2D eigenvalue weighted by Gasteiger charge is 2.51. The van der Waals surface area contributed by atoms with E-state index < -0.39 is 15.7 Å². The van der Waals surface area contributed by atoms with Crippen LogP contribution in [0, 0.1) is 12.8 Å². The number of para-hydroxylation sites is 1. The van der Waals surface area contributed by atoms with Crippen molar-refractivity contribution in [3.05, 3.63) is 42.2 Å². The van der Waals surface area contributed by atoms with Gasteiger partial charge in [-0.3, -0.25) is 0 Å². The molecule has 28 heavy (non-hydrogen) atoms. The Labute approximate surface area is 168 Å². The summed E-state index contributed by atoms with van der Waals surface area (Å²) in [6.07, 6.45) is 3.91. The molecule has 6 nitrogen and oxygen atoms in total. The van der Waals surface area contributed by atoms with Gasteiger partial charge < -0.3 is 4.74 Å². The van der Waals surface area contributed by atoms with Gasteiger partial charge in [0.25, 0.3) is 0 Å². The first-order valence-corrected chi connectivity index (χ1v) is 11.4. The van der Waals surface area contributed by atoms with Crippen LogP contribution in [0.1, 0.15) is 52.7 Å². The average Bonchev–Trinajstić information content (AvgIpc) is 3.22. The second kappa shape index (κ2) is 7.97. The maximum absolute atomic E-state index is 13.7. The van der Waals surface area contributed by atoms with Crippen LogP contribution in [-0.4, -0.2) is 40.9 Å². The van der Waals surface area contributed by atoms with Crippen LogP contribution in [0.3, 0.4) is 0 Å². The van der Waals surface area contributed by atoms with Crippen molar-refractivity contribution in [2.75, 3.05) is 6.61 Å². The summed E-state index contributed by atoms with van der Waals surface area (Å²) in [6.45, 7) is 10.4. The molecule has 0 spiro atoms. The number of hydrogen-bond acceptors (Lipinski definition) is 4. The van der Waals surface area contributed by atoms with Crippen molar-refractivity contribution in [3.8, 4) is 5.69 Å². The molecule has 0 radical (unpaired) electrons. The molecular weight excluding hydrogens is 374 g/mol. The summed E-state index contributed by atoms with van der Waals surface area (Å²) in [4.78, 5) is 0.246. The molecule has 0 amide bonds. The molecule has 3 rings (SSSR count). The molecule has 154 valence electrons. The Morgan fingerprint density at radius 3 is 2.57 bits per heavy atom. The Morgan fingerprint density at radius 1 is 1.29 bits per heavy atom. The highest BCUT2D eigenvalue weighted by Crippen LogP contribution is 2.39. The van der Waals surface area contributed by atoms with Crippen LogP contribution in [0.25, 0.3) is 5.69 Å². The molecule has 0 aliphatic carbocycles. The quantitative estimate of drug-likeness (QED) is 0.695. The van der Waals surface area contributed by atoms with Gasteiger partial charge in [-0.05, 0) is 51.2 Å². The van der Waals surface area contributed by atoms with Gasteiger partial charge in [0.1, 0.15) is 10.6 Å². The molecule has 0 bridgehead atoms. The lowest BCUT2D eigenvalue weighted by Gasteiger charge is -2.35. The molecule has 1 aromatic heterocycles. The van der Waals surface area contributed by atoms with Crippen LogP contribution in [0.5, 0.6) is 0 Å². The molecule has 2 heterocycles. The van der Waals surface area contributed by atoms with Gasteiger partial charge in [-0.15, -0.1) is 0 Å². The molecule has 7 heteroatoms. The molecule has 1 aliphatic rings. The largest absolute Gasteiger partial charge is 0.358 e. The van der Waals surface area contributed by atoms with E-state index in [1.807, 2.05) is 44.2 Å². The third-order valence-corrected chi connectivity index (χ3v) is 7.61. The van der Waals surface area contributed by atoms with E-state index in [4.69, 9.17) is 4.74 Å². The lowest BCUT2D eigenvalue weighted by Crippen LogP contribution is -2.49. The molecule has 2 atom stereocenters. The van der Waals surface area contributed by atoms with Crippen molar-refractivity contribution in [2.45, 2.75) is 70.5 Å². The van der Waals surface area contributed by atoms with Crippen molar-refractivity contribution in [1.29, 1.82) is 0 Å². The van der Waals surface area contributed by atoms with Crippen molar-refractivity contribution in [2.24, 2.45) is 5.92 Å². The van der Waals surface area contributed by atoms with E-state index in [1.165, 1.54) is 0 Å². The zero-order valence-corrected chi connectivity index (χ0v) is 18.2. The normalized spacial score (nSPS) is 23.6. The number of nitrogens with zero attached hydrogens (tertiary/aromatic N) is 3. The number of sulfonamides is 1. The fraction of sp³-hybridized carbons (Fsp3) is 0.571. The van der Waals surface area contributed by atoms with Gasteiger partial charge in [-0.2, -0.15) is 9.40 Å². The third-order valence-electron chi connectivity index (χ3n) is 5.45. The highest BCUT2D eigenvalue weighted by atomic mass is 32.2. The van der Waals surface area contributed by atoms with Crippen LogP contribution in [-0.2, 0) is 14.8 Å². The first kappa shape index (κ1) is 21.0. The van der Waals surface area contributed by atoms with E-state index >= 15 is 0 Å². The lowest BCUT2D eigenvalue weighted by molar-refractivity contribution is -0.0433. The van der Waals surface area contributed by atoms with E-state index in [2.05, 4.69) is 18.9 Å². The van der Waals surface area contributed by atoms with E-state index in [1.54, 1.807) is 22.1 Å². The summed E-state index contributed by atoms with van der Waals surface area (Å²) in [6, 6.07) is 9.38. The third kappa shape index (κ3) is 3.88. The maximum atomic E-state index is 13.7. The summed E-state index contributed by atoms with van der Waals surface area (Å²) in [5, 5.41) is 4.46. The molecule has 2 unspecified atom stereocenters. The Bertz CT molecular complexity index is 908. The topological polar surface area (TPSA) is 64.4 Å². The minimum Gasteiger partial charge on any atom is -0.358 e. The van der Waals surface area contributed by atoms with Crippen molar-refractivity contribution in [1.82, 2.24) is 14.1 Å². The van der Waals surface area contributed by atoms with E-state index in [0.717, 1.165) is 12.1 Å². The molecular formula is C21H31N3O3S. The second-order valence-electron chi connectivity index (χ2n) is 8.14. The standard InChI is InChI=1S/C21H31N3O3S/c1-6-18-15-27-21(5,13-12-16(2)3)24(18)28(25,26)20-14-23(22-17(20)4)19-10-8-7-9-11-19/h7-11,14,16,18H,6,12-13,15H2,1-5H3. The number of aryl methyl sites for hydroxylation is 1. The zero-order valence-electron chi connectivity index (χ0n) is 17.4.